The van der Waals surface area contributed by atoms with Crippen LogP contribution in [0.5, 0.6) is 0 Å². The first-order chi connectivity index (χ1) is 9.20. The molecule has 3 N–H and O–H groups in total. The largest absolute Gasteiger partial charge is 0.383 e. The first-order valence-corrected chi connectivity index (χ1v) is 6.51. The summed E-state index contributed by atoms with van der Waals surface area (Å²) in [5, 5.41) is 13.2. The lowest BCUT2D eigenvalue weighted by Gasteiger charge is -2.04. The molecule has 0 aliphatic heterocycles. The van der Waals surface area contributed by atoms with E-state index in [0.717, 1.165) is 33.7 Å². The van der Waals surface area contributed by atoms with E-state index in [-0.39, 0.29) is 0 Å². The van der Waals surface area contributed by atoms with Gasteiger partial charge < -0.3 is 5.73 Å². The molecule has 0 unspecified atom stereocenters. The summed E-state index contributed by atoms with van der Waals surface area (Å²) in [7, 11) is 0. The van der Waals surface area contributed by atoms with Crippen molar-refractivity contribution in [1.29, 1.82) is 0 Å². The van der Waals surface area contributed by atoms with E-state index in [1.165, 1.54) is 0 Å². The standard InChI is InChI=1S/C13H14ClN5/c1-2-10-11-12(15)16-17-13(11)19(18-10)7-8-5-3-4-6-9(8)14/h3-6H,2,7H2,1H3,(H3,15,16,17). The molecule has 0 fully saturated rings. The Balaban J connectivity index is 2.09. The molecule has 0 aliphatic carbocycles. The van der Waals surface area contributed by atoms with Gasteiger partial charge in [0.2, 0.25) is 0 Å². The Bertz CT molecular complexity index is 728. The lowest BCUT2D eigenvalue weighted by molar-refractivity contribution is 0.685. The minimum absolute atomic E-state index is 0.567. The van der Waals surface area contributed by atoms with Crippen molar-refractivity contribution < 1.29 is 0 Å². The van der Waals surface area contributed by atoms with Gasteiger partial charge in [0.05, 0.1) is 17.6 Å². The number of rotatable bonds is 3. The molecular weight excluding hydrogens is 262 g/mol. The molecule has 0 radical (unpaired) electrons. The fourth-order valence-electron chi connectivity index (χ4n) is 2.21. The van der Waals surface area contributed by atoms with Gasteiger partial charge in [0.25, 0.3) is 0 Å². The summed E-state index contributed by atoms with van der Waals surface area (Å²) in [5.41, 5.74) is 8.63. The van der Waals surface area contributed by atoms with Gasteiger partial charge in [-0.1, -0.05) is 36.7 Å². The lowest BCUT2D eigenvalue weighted by Crippen LogP contribution is -2.03. The average Bonchev–Trinajstić information content (AvgIpc) is 2.95. The second-order valence-corrected chi connectivity index (χ2v) is 4.79. The summed E-state index contributed by atoms with van der Waals surface area (Å²) in [5.74, 6) is 0.567. The number of nitrogen functional groups attached to an aromatic ring is 1. The molecule has 0 atom stereocenters. The SMILES string of the molecule is CCc1nn(Cc2ccccc2Cl)c2n[nH]c(N)c12. The Morgan fingerprint density at radius 3 is 2.89 bits per heavy atom. The van der Waals surface area contributed by atoms with Crippen molar-refractivity contribution >= 4 is 28.5 Å². The topological polar surface area (TPSA) is 72.5 Å². The number of H-pyrrole nitrogens is 1. The molecule has 3 rings (SSSR count). The maximum Gasteiger partial charge on any atom is 0.182 e. The fourth-order valence-corrected chi connectivity index (χ4v) is 2.40. The van der Waals surface area contributed by atoms with Crippen molar-refractivity contribution in [2.75, 3.05) is 5.73 Å². The number of aromatic amines is 1. The lowest BCUT2D eigenvalue weighted by atomic mass is 10.2. The highest BCUT2D eigenvalue weighted by atomic mass is 35.5. The molecule has 1 aromatic carbocycles. The molecule has 5 nitrogen and oxygen atoms in total. The smallest absolute Gasteiger partial charge is 0.182 e. The van der Waals surface area contributed by atoms with Gasteiger partial charge in [-0.05, 0) is 18.1 Å². The highest BCUT2D eigenvalue weighted by Crippen LogP contribution is 2.24. The molecule has 0 bridgehead atoms. The second kappa shape index (κ2) is 4.59. The van der Waals surface area contributed by atoms with E-state index in [0.29, 0.717) is 12.4 Å². The Morgan fingerprint density at radius 2 is 2.16 bits per heavy atom. The van der Waals surface area contributed by atoms with Crippen molar-refractivity contribution in [1.82, 2.24) is 20.0 Å². The number of halogens is 1. The molecule has 0 amide bonds. The zero-order valence-electron chi connectivity index (χ0n) is 10.5. The van der Waals surface area contributed by atoms with Gasteiger partial charge in [-0.3, -0.25) is 5.10 Å². The van der Waals surface area contributed by atoms with E-state index in [1.807, 2.05) is 35.9 Å². The Hall–Kier alpha value is -2.01. The zero-order chi connectivity index (χ0) is 13.4. The van der Waals surface area contributed by atoms with E-state index < -0.39 is 0 Å². The van der Waals surface area contributed by atoms with E-state index in [4.69, 9.17) is 17.3 Å². The van der Waals surface area contributed by atoms with Crippen LogP contribution in [0.15, 0.2) is 24.3 Å². The van der Waals surface area contributed by atoms with Gasteiger partial charge in [0.1, 0.15) is 5.82 Å². The summed E-state index contributed by atoms with van der Waals surface area (Å²) >= 11 is 6.18. The van der Waals surface area contributed by atoms with Gasteiger partial charge in [-0.25, -0.2) is 4.68 Å². The molecule has 98 valence electrons. The van der Waals surface area contributed by atoms with Gasteiger partial charge >= 0.3 is 0 Å². The number of hydrogen-bond donors (Lipinski definition) is 2. The monoisotopic (exact) mass is 275 g/mol. The summed E-state index contributed by atoms with van der Waals surface area (Å²) in [6, 6.07) is 7.73. The molecular formula is C13H14ClN5. The van der Waals surface area contributed by atoms with Gasteiger partial charge in [0.15, 0.2) is 5.65 Å². The number of nitrogens with two attached hydrogens (primary N) is 1. The molecule has 2 heterocycles. The summed E-state index contributed by atoms with van der Waals surface area (Å²) < 4.78 is 1.84. The highest BCUT2D eigenvalue weighted by molar-refractivity contribution is 6.31. The predicted octanol–water partition coefficient (Wildman–Crippen LogP) is 2.61. The minimum Gasteiger partial charge on any atom is -0.383 e. The third-order valence-corrected chi connectivity index (χ3v) is 3.53. The molecule has 0 saturated carbocycles. The van der Waals surface area contributed by atoms with Crippen molar-refractivity contribution in [3.63, 3.8) is 0 Å². The molecule has 19 heavy (non-hydrogen) atoms. The average molecular weight is 276 g/mol. The maximum atomic E-state index is 6.18. The fraction of sp³-hybridized carbons (Fsp3) is 0.231. The third kappa shape index (κ3) is 1.96. The Labute approximate surface area is 115 Å². The molecule has 0 spiro atoms. The van der Waals surface area contributed by atoms with Crippen LogP contribution in [0.4, 0.5) is 5.82 Å². The van der Waals surface area contributed by atoms with Crippen molar-refractivity contribution in [3.8, 4) is 0 Å². The van der Waals surface area contributed by atoms with Crippen LogP contribution in [0, 0.1) is 0 Å². The first-order valence-electron chi connectivity index (χ1n) is 6.13. The van der Waals surface area contributed by atoms with E-state index in [9.17, 15) is 0 Å². The van der Waals surface area contributed by atoms with Crippen molar-refractivity contribution in [2.45, 2.75) is 19.9 Å². The van der Waals surface area contributed by atoms with Crippen molar-refractivity contribution in [3.05, 3.63) is 40.5 Å². The molecule has 0 saturated heterocycles. The van der Waals surface area contributed by atoms with Gasteiger partial charge in [0, 0.05) is 5.02 Å². The first kappa shape index (κ1) is 12.0. The molecule has 3 aromatic rings. The van der Waals surface area contributed by atoms with E-state index in [1.54, 1.807) is 0 Å². The molecule has 2 aromatic heterocycles. The number of aromatic nitrogens is 4. The van der Waals surface area contributed by atoms with Gasteiger partial charge in [-0.2, -0.15) is 10.2 Å². The van der Waals surface area contributed by atoms with E-state index in [2.05, 4.69) is 15.3 Å². The van der Waals surface area contributed by atoms with Crippen LogP contribution in [-0.2, 0) is 13.0 Å². The van der Waals surface area contributed by atoms with E-state index >= 15 is 0 Å². The predicted molar refractivity (Wildman–Crippen MR) is 76.2 cm³/mol. The van der Waals surface area contributed by atoms with Crippen LogP contribution in [0.2, 0.25) is 5.02 Å². The summed E-state index contributed by atoms with van der Waals surface area (Å²) in [6.45, 7) is 2.63. The van der Waals surface area contributed by atoms with Crippen LogP contribution in [-0.4, -0.2) is 20.0 Å². The Morgan fingerprint density at radius 1 is 1.37 bits per heavy atom. The number of anilines is 1. The number of hydrogen-bond acceptors (Lipinski definition) is 3. The maximum absolute atomic E-state index is 6.18. The van der Waals surface area contributed by atoms with Crippen molar-refractivity contribution in [2.24, 2.45) is 0 Å². The number of nitrogens with one attached hydrogen (secondary N) is 1. The quantitative estimate of drug-likeness (QED) is 0.772. The van der Waals surface area contributed by atoms with Crippen LogP contribution < -0.4 is 5.73 Å². The summed E-state index contributed by atoms with van der Waals surface area (Å²) in [6.07, 6.45) is 0.815. The zero-order valence-corrected chi connectivity index (χ0v) is 11.3. The van der Waals surface area contributed by atoms with Crippen LogP contribution in [0.25, 0.3) is 11.0 Å². The highest BCUT2D eigenvalue weighted by Gasteiger charge is 2.15. The Kier molecular flexibility index (Phi) is 2.91. The third-order valence-electron chi connectivity index (χ3n) is 3.16. The molecule has 0 aliphatic rings. The van der Waals surface area contributed by atoms with Crippen LogP contribution in [0.3, 0.4) is 0 Å². The van der Waals surface area contributed by atoms with Gasteiger partial charge in [-0.15, -0.1) is 0 Å². The number of benzene rings is 1. The van der Waals surface area contributed by atoms with Crippen LogP contribution >= 0.6 is 11.6 Å². The number of fused-ring (bicyclic) bond motifs is 1. The second-order valence-electron chi connectivity index (χ2n) is 4.39. The number of nitrogens with zero attached hydrogens (tertiary/aromatic N) is 3. The number of aryl methyl sites for hydroxylation is 1. The summed E-state index contributed by atoms with van der Waals surface area (Å²) in [4.78, 5) is 0. The van der Waals surface area contributed by atoms with Crippen LogP contribution in [0.1, 0.15) is 18.2 Å². The normalized spacial score (nSPS) is 11.3. The molecule has 6 heteroatoms. The minimum atomic E-state index is 0.567.